The van der Waals surface area contributed by atoms with Gasteiger partial charge < -0.3 is 15.4 Å². The first-order valence-electron chi connectivity index (χ1n) is 7.09. The van der Waals surface area contributed by atoms with E-state index in [0.717, 1.165) is 24.2 Å². The highest BCUT2D eigenvalue weighted by atomic mass is 32.1. The van der Waals surface area contributed by atoms with Gasteiger partial charge in [-0.3, -0.25) is 0 Å². The van der Waals surface area contributed by atoms with Gasteiger partial charge in [0.1, 0.15) is 10.8 Å². The summed E-state index contributed by atoms with van der Waals surface area (Å²) in [5.41, 5.74) is 9.27. The van der Waals surface area contributed by atoms with E-state index in [9.17, 15) is 0 Å². The Labute approximate surface area is 126 Å². The second kappa shape index (κ2) is 6.50. The van der Waals surface area contributed by atoms with Gasteiger partial charge in [-0.2, -0.15) is 0 Å². The van der Waals surface area contributed by atoms with E-state index in [-0.39, 0.29) is 6.04 Å². The lowest BCUT2D eigenvalue weighted by Gasteiger charge is -2.29. The number of ether oxygens (including phenoxy) is 1. The number of rotatable bonds is 5. The van der Waals surface area contributed by atoms with Crippen LogP contribution in [-0.4, -0.2) is 36.8 Å². The van der Waals surface area contributed by atoms with Gasteiger partial charge in [-0.25, -0.2) is 4.98 Å². The Hall–Kier alpha value is -1.20. The first-order chi connectivity index (χ1) is 9.54. The number of methoxy groups -OCH3 is 1. The van der Waals surface area contributed by atoms with E-state index >= 15 is 0 Å². The summed E-state index contributed by atoms with van der Waals surface area (Å²) in [5, 5.41) is 0. The van der Waals surface area contributed by atoms with E-state index in [4.69, 9.17) is 27.7 Å². The van der Waals surface area contributed by atoms with Crippen LogP contribution in [0.2, 0.25) is 0 Å². The molecule has 2 rings (SSSR count). The summed E-state index contributed by atoms with van der Waals surface area (Å²) in [4.78, 5) is 7.36. The summed E-state index contributed by atoms with van der Waals surface area (Å²) in [6.45, 7) is 2.75. The summed E-state index contributed by atoms with van der Waals surface area (Å²) in [7, 11) is 3.72. The molecule has 4 nitrogen and oxygen atoms in total. The fourth-order valence-electron chi connectivity index (χ4n) is 2.63. The lowest BCUT2D eigenvalue weighted by Crippen LogP contribution is -2.35. The van der Waals surface area contributed by atoms with Crippen molar-refractivity contribution >= 4 is 23.0 Å². The predicted octanol–water partition coefficient (Wildman–Crippen LogP) is 2.07. The molecule has 0 amide bonds. The SMILES string of the molecule is COCC(C)N(C)c1nc2c(cc1C(N)=S)CCCC2. The minimum absolute atomic E-state index is 0.224. The highest BCUT2D eigenvalue weighted by Gasteiger charge is 2.21. The second-order valence-corrected chi connectivity index (χ2v) is 5.89. The molecular formula is C15H23N3OS. The lowest BCUT2D eigenvalue weighted by molar-refractivity contribution is 0.183. The van der Waals surface area contributed by atoms with Gasteiger partial charge in [0.25, 0.3) is 0 Å². The van der Waals surface area contributed by atoms with Crippen molar-refractivity contribution in [3.8, 4) is 0 Å². The van der Waals surface area contributed by atoms with Crippen LogP contribution in [0.3, 0.4) is 0 Å². The van der Waals surface area contributed by atoms with Gasteiger partial charge in [-0.15, -0.1) is 0 Å². The molecule has 0 aromatic carbocycles. The zero-order chi connectivity index (χ0) is 14.7. The van der Waals surface area contributed by atoms with Crippen LogP contribution in [0.4, 0.5) is 5.82 Å². The maximum atomic E-state index is 5.89. The van der Waals surface area contributed by atoms with Crippen molar-refractivity contribution in [2.75, 3.05) is 25.7 Å². The lowest BCUT2D eigenvalue weighted by atomic mass is 9.94. The van der Waals surface area contributed by atoms with Gasteiger partial charge in [0.05, 0.1) is 18.2 Å². The van der Waals surface area contributed by atoms with Crippen LogP contribution in [0.1, 0.15) is 36.6 Å². The van der Waals surface area contributed by atoms with Gasteiger partial charge in [0.2, 0.25) is 0 Å². The maximum Gasteiger partial charge on any atom is 0.139 e. The molecule has 0 bridgehead atoms. The van der Waals surface area contributed by atoms with Crippen molar-refractivity contribution in [1.29, 1.82) is 0 Å². The van der Waals surface area contributed by atoms with Gasteiger partial charge in [0.15, 0.2) is 0 Å². The fourth-order valence-corrected chi connectivity index (χ4v) is 2.78. The van der Waals surface area contributed by atoms with Crippen molar-refractivity contribution in [3.63, 3.8) is 0 Å². The number of hydrogen-bond donors (Lipinski definition) is 1. The first kappa shape index (κ1) is 15.2. The molecular weight excluding hydrogens is 270 g/mol. The zero-order valence-electron chi connectivity index (χ0n) is 12.5. The van der Waals surface area contributed by atoms with Crippen LogP contribution < -0.4 is 10.6 Å². The van der Waals surface area contributed by atoms with Crippen molar-refractivity contribution in [1.82, 2.24) is 4.98 Å². The largest absolute Gasteiger partial charge is 0.389 e. The van der Waals surface area contributed by atoms with Crippen molar-refractivity contribution < 1.29 is 4.74 Å². The molecule has 1 atom stereocenters. The van der Waals surface area contributed by atoms with Crippen molar-refractivity contribution in [2.45, 2.75) is 38.6 Å². The third-order valence-corrected chi connectivity index (χ3v) is 4.17. The Morgan fingerprint density at radius 2 is 2.20 bits per heavy atom. The molecule has 5 heteroatoms. The average Bonchev–Trinajstić information content (AvgIpc) is 2.45. The highest BCUT2D eigenvalue weighted by molar-refractivity contribution is 7.80. The van der Waals surface area contributed by atoms with Gasteiger partial charge in [-0.05, 0) is 44.2 Å². The van der Waals surface area contributed by atoms with Crippen LogP contribution >= 0.6 is 12.2 Å². The quantitative estimate of drug-likeness (QED) is 0.842. The summed E-state index contributed by atoms with van der Waals surface area (Å²) >= 11 is 5.20. The zero-order valence-corrected chi connectivity index (χ0v) is 13.3. The topological polar surface area (TPSA) is 51.4 Å². The van der Waals surface area contributed by atoms with Crippen LogP contribution in [0.25, 0.3) is 0 Å². The number of pyridine rings is 1. The van der Waals surface area contributed by atoms with Crippen molar-refractivity contribution in [2.24, 2.45) is 5.73 Å². The smallest absolute Gasteiger partial charge is 0.139 e. The molecule has 0 saturated heterocycles. The van der Waals surface area contributed by atoms with E-state index in [1.165, 1.54) is 24.1 Å². The normalized spacial score (nSPS) is 15.6. The van der Waals surface area contributed by atoms with E-state index < -0.39 is 0 Å². The molecule has 110 valence electrons. The predicted molar refractivity (Wildman–Crippen MR) is 86.5 cm³/mol. The molecule has 2 N–H and O–H groups in total. The number of nitrogens with two attached hydrogens (primary N) is 1. The number of aromatic nitrogens is 1. The van der Waals surface area contributed by atoms with Gasteiger partial charge in [-0.1, -0.05) is 12.2 Å². The fraction of sp³-hybridized carbons (Fsp3) is 0.600. The molecule has 0 spiro atoms. The van der Waals surface area contributed by atoms with Crippen LogP contribution in [-0.2, 0) is 17.6 Å². The molecule has 1 aliphatic carbocycles. The number of fused-ring (bicyclic) bond motifs is 1. The summed E-state index contributed by atoms with van der Waals surface area (Å²) in [6, 6.07) is 2.36. The molecule has 0 saturated carbocycles. The number of likely N-dealkylation sites (N-methyl/N-ethyl adjacent to an activating group) is 1. The molecule has 0 radical (unpaired) electrons. The summed E-state index contributed by atoms with van der Waals surface area (Å²) in [6.07, 6.45) is 4.56. The van der Waals surface area contributed by atoms with E-state index in [0.29, 0.717) is 11.6 Å². The Balaban J connectivity index is 2.41. The second-order valence-electron chi connectivity index (χ2n) is 5.45. The van der Waals surface area contributed by atoms with Gasteiger partial charge >= 0.3 is 0 Å². The van der Waals surface area contributed by atoms with Crippen molar-refractivity contribution in [3.05, 3.63) is 22.9 Å². The Morgan fingerprint density at radius 3 is 2.85 bits per heavy atom. The number of thiocarbonyl (C=S) groups is 1. The molecule has 1 heterocycles. The highest BCUT2D eigenvalue weighted by Crippen LogP contribution is 2.27. The molecule has 0 fully saturated rings. The third-order valence-electron chi connectivity index (χ3n) is 3.95. The Bertz CT molecular complexity index is 504. The molecule has 0 aliphatic heterocycles. The maximum absolute atomic E-state index is 5.89. The number of aryl methyl sites for hydroxylation is 2. The van der Waals surface area contributed by atoms with E-state index in [2.05, 4.69) is 17.9 Å². The molecule has 1 aliphatic rings. The molecule has 20 heavy (non-hydrogen) atoms. The first-order valence-corrected chi connectivity index (χ1v) is 7.49. The Morgan fingerprint density at radius 1 is 1.50 bits per heavy atom. The number of hydrogen-bond acceptors (Lipinski definition) is 4. The standard InChI is InChI=1S/C15H23N3OS/c1-10(9-19-3)18(2)15-12(14(16)20)8-11-6-4-5-7-13(11)17-15/h8,10H,4-7,9H2,1-3H3,(H2,16,20). The number of nitrogens with zero attached hydrogens (tertiary/aromatic N) is 2. The summed E-state index contributed by atoms with van der Waals surface area (Å²) in [5.74, 6) is 0.878. The average molecular weight is 293 g/mol. The van der Waals surface area contributed by atoms with Crippen LogP contribution in [0.15, 0.2) is 6.07 Å². The molecule has 1 aromatic heterocycles. The van der Waals surface area contributed by atoms with Crippen LogP contribution in [0.5, 0.6) is 0 Å². The summed E-state index contributed by atoms with van der Waals surface area (Å²) < 4.78 is 5.23. The third kappa shape index (κ3) is 3.10. The Kier molecular flexibility index (Phi) is 4.94. The van der Waals surface area contributed by atoms with E-state index in [1.807, 2.05) is 7.05 Å². The minimum Gasteiger partial charge on any atom is -0.389 e. The van der Waals surface area contributed by atoms with E-state index in [1.54, 1.807) is 7.11 Å². The minimum atomic E-state index is 0.224. The van der Waals surface area contributed by atoms with Crippen LogP contribution in [0, 0.1) is 0 Å². The molecule has 1 aromatic rings. The molecule has 1 unspecified atom stereocenters. The monoisotopic (exact) mass is 293 g/mol. The van der Waals surface area contributed by atoms with Gasteiger partial charge in [0, 0.05) is 19.9 Å². The number of anilines is 1.